The number of aliphatic hydroxyl groups excluding tert-OH is 1. The number of aliphatic carboxylic acids is 1. The van der Waals surface area contributed by atoms with E-state index in [9.17, 15) is 14.2 Å². The van der Waals surface area contributed by atoms with Crippen LogP contribution in [0.5, 0.6) is 0 Å². The zero-order chi connectivity index (χ0) is 11.9. The van der Waals surface area contributed by atoms with Crippen LogP contribution < -0.4 is 0 Å². The molecule has 0 spiro atoms. The molecule has 9 heteroatoms. The normalized spacial score (nSPS) is 12.1. The number of phosphoric acid groups is 1. The third-order valence-corrected chi connectivity index (χ3v) is 1.10. The molecule has 1 unspecified atom stereocenters. The van der Waals surface area contributed by atoms with Crippen molar-refractivity contribution in [2.45, 2.75) is 20.0 Å². The molecule has 0 bridgehead atoms. The molecule has 0 aromatic heterocycles. The number of aliphatic hydroxyl groups is 1. The molecule has 0 heterocycles. The van der Waals surface area contributed by atoms with Gasteiger partial charge in [0.05, 0.1) is 0 Å². The Morgan fingerprint density at radius 2 is 1.64 bits per heavy atom. The van der Waals surface area contributed by atoms with Gasteiger partial charge >= 0.3 is 19.8 Å². The molecular weight excluding hydrogens is 219 g/mol. The Balaban J connectivity index is 0. The van der Waals surface area contributed by atoms with Crippen molar-refractivity contribution in [1.29, 1.82) is 0 Å². The Morgan fingerprint density at radius 3 is 1.64 bits per heavy atom. The fourth-order valence-electron chi connectivity index (χ4n) is 0.167. The minimum absolute atomic E-state index is 0.916. The SMILES string of the molecule is CC(=O)OP(=O)(O)O.CC(O)C(=O)O. The van der Waals surface area contributed by atoms with Crippen molar-refractivity contribution in [1.82, 2.24) is 0 Å². The lowest BCUT2D eigenvalue weighted by molar-refractivity contribution is -0.145. The molecule has 14 heavy (non-hydrogen) atoms. The molecule has 0 aliphatic rings. The molecule has 4 N–H and O–H groups in total. The van der Waals surface area contributed by atoms with Crippen molar-refractivity contribution in [2.75, 3.05) is 0 Å². The number of hydrogen-bond acceptors (Lipinski definition) is 5. The van der Waals surface area contributed by atoms with E-state index in [0.29, 0.717) is 0 Å². The maximum atomic E-state index is 9.74. The first kappa shape index (κ1) is 15.5. The van der Waals surface area contributed by atoms with Crippen LogP contribution in [0.25, 0.3) is 0 Å². The van der Waals surface area contributed by atoms with Crippen LogP contribution in [-0.2, 0) is 18.7 Å². The van der Waals surface area contributed by atoms with Gasteiger partial charge in [-0.25, -0.2) is 9.36 Å². The molecule has 0 aromatic carbocycles. The van der Waals surface area contributed by atoms with Crippen molar-refractivity contribution in [3.8, 4) is 0 Å². The van der Waals surface area contributed by atoms with Crippen LogP contribution in [0.1, 0.15) is 13.8 Å². The van der Waals surface area contributed by atoms with Crippen LogP contribution in [-0.4, -0.2) is 38.0 Å². The van der Waals surface area contributed by atoms with E-state index in [2.05, 4.69) is 4.52 Å². The number of carboxylic acid groups (broad SMARTS) is 1. The average Bonchev–Trinajstić information content (AvgIpc) is 1.81. The third kappa shape index (κ3) is 17.2. The highest BCUT2D eigenvalue weighted by molar-refractivity contribution is 7.46. The summed E-state index contributed by atoms with van der Waals surface area (Å²) in [5.41, 5.74) is 0. The fourth-order valence-corrected chi connectivity index (χ4v) is 0.502. The van der Waals surface area contributed by atoms with Gasteiger partial charge in [0.1, 0.15) is 6.10 Å². The Morgan fingerprint density at radius 1 is 1.36 bits per heavy atom. The Bertz CT molecular complexity index is 240. The lowest BCUT2D eigenvalue weighted by Gasteiger charge is -1.98. The van der Waals surface area contributed by atoms with E-state index < -0.39 is 25.9 Å². The van der Waals surface area contributed by atoms with Gasteiger partial charge in [-0.15, -0.1) is 0 Å². The van der Waals surface area contributed by atoms with Gasteiger partial charge in [-0.3, -0.25) is 14.6 Å². The van der Waals surface area contributed by atoms with E-state index in [1.807, 2.05) is 0 Å². The maximum absolute atomic E-state index is 9.74. The molecule has 84 valence electrons. The second-order valence-electron chi connectivity index (χ2n) is 2.09. The summed E-state index contributed by atoms with van der Waals surface area (Å²) in [4.78, 5) is 34.9. The molecule has 0 saturated heterocycles. The lowest BCUT2D eigenvalue weighted by atomic mass is 10.4. The van der Waals surface area contributed by atoms with E-state index >= 15 is 0 Å². The Kier molecular flexibility index (Phi) is 7.20. The monoisotopic (exact) mass is 230 g/mol. The van der Waals surface area contributed by atoms with Crippen molar-refractivity contribution in [3.05, 3.63) is 0 Å². The van der Waals surface area contributed by atoms with E-state index in [0.717, 1.165) is 6.92 Å². The first-order valence-electron chi connectivity index (χ1n) is 3.23. The standard InChI is InChI=1S/C3H6O3.C2H5O5P/c1-2(4)3(5)6;1-2(3)7-8(4,5)6/h2,4H,1H3,(H,5,6);1H3,(H2,4,5,6). The van der Waals surface area contributed by atoms with Crippen molar-refractivity contribution >= 4 is 19.8 Å². The van der Waals surface area contributed by atoms with Crippen LogP contribution in [0.4, 0.5) is 0 Å². The van der Waals surface area contributed by atoms with Crippen molar-refractivity contribution in [2.24, 2.45) is 0 Å². The van der Waals surface area contributed by atoms with E-state index in [1.54, 1.807) is 0 Å². The summed E-state index contributed by atoms with van der Waals surface area (Å²) in [6, 6.07) is 0. The quantitative estimate of drug-likeness (QED) is 0.447. The summed E-state index contributed by atoms with van der Waals surface area (Å²) in [5.74, 6) is -2.17. The van der Waals surface area contributed by atoms with Gasteiger partial charge in [0.25, 0.3) is 0 Å². The van der Waals surface area contributed by atoms with E-state index in [1.165, 1.54) is 6.92 Å². The van der Waals surface area contributed by atoms with E-state index in [4.69, 9.17) is 20.0 Å². The minimum atomic E-state index is -4.57. The molecule has 1 atom stereocenters. The van der Waals surface area contributed by atoms with Gasteiger partial charge in [-0.1, -0.05) is 0 Å². The molecule has 0 aliphatic heterocycles. The molecule has 0 radical (unpaired) electrons. The number of carbonyl (C=O) groups is 2. The Hall–Kier alpha value is -0.950. The van der Waals surface area contributed by atoms with Crippen molar-refractivity contribution in [3.63, 3.8) is 0 Å². The van der Waals surface area contributed by atoms with Crippen LogP contribution in [0.15, 0.2) is 0 Å². The summed E-state index contributed by atoms with van der Waals surface area (Å²) in [5, 5.41) is 15.8. The largest absolute Gasteiger partial charge is 0.526 e. The predicted octanol–water partition coefficient (Wildman–Crippen LogP) is -0.906. The van der Waals surface area contributed by atoms with Crippen molar-refractivity contribution < 1.29 is 38.7 Å². The van der Waals surface area contributed by atoms with Crippen LogP contribution >= 0.6 is 7.82 Å². The number of hydrogen-bond donors (Lipinski definition) is 4. The van der Waals surface area contributed by atoms with Gasteiger partial charge in [-0.2, -0.15) is 0 Å². The molecule has 8 nitrogen and oxygen atoms in total. The Labute approximate surface area is 79.4 Å². The number of phosphoric ester groups is 1. The van der Waals surface area contributed by atoms with Gasteiger partial charge in [-0.05, 0) is 6.92 Å². The predicted molar refractivity (Wildman–Crippen MR) is 43.1 cm³/mol. The molecule has 0 aromatic rings. The first-order chi connectivity index (χ1) is 6.06. The zero-order valence-electron chi connectivity index (χ0n) is 7.45. The van der Waals surface area contributed by atoms with Gasteiger partial charge in [0.15, 0.2) is 0 Å². The molecular formula is C5H11O8P. The average molecular weight is 230 g/mol. The van der Waals surface area contributed by atoms with Crippen LogP contribution in [0, 0.1) is 0 Å². The summed E-state index contributed by atoms with van der Waals surface area (Å²) in [6.07, 6.45) is -1.23. The van der Waals surface area contributed by atoms with Gasteiger partial charge in [0.2, 0.25) is 0 Å². The lowest BCUT2D eigenvalue weighted by Crippen LogP contribution is -2.13. The third-order valence-electron chi connectivity index (χ3n) is 0.605. The van der Waals surface area contributed by atoms with E-state index in [-0.39, 0.29) is 0 Å². The van der Waals surface area contributed by atoms with Crippen LogP contribution in [0.2, 0.25) is 0 Å². The maximum Gasteiger partial charge on any atom is 0.526 e. The van der Waals surface area contributed by atoms with Crippen LogP contribution in [0.3, 0.4) is 0 Å². The van der Waals surface area contributed by atoms with Gasteiger partial charge in [0, 0.05) is 6.92 Å². The first-order valence-corrected chi connectivity index (χ1v) is 4.76. The topological polar surface area (TPSA) is 141 Å². The smallest absolute Gasteiger partial charge is 0.479 e. The molecule has 0 amide bonds. The number of carboxylic acids is 1. The second kappa shape index (κ2) is 6.50. The molecule has 0 rings (SSSR count). The highest BCUT2D eigenvalue weighted by Gasteiger charge is 2.16. The molecule has 0 saturated carbocycles. The highest BCUT2D eigenvalue weighted by Crippen LogP contribution is 2.35. The highest BCUT2D eigenvalue weighted by atomic mass is 31.2. The zero-order valence-corrected chi connectivity index (χ0v) is 8.34. The fraction of sp³-hybridized carbons (Fsp3) is 0.600. The molecule has 0 aliphatic carbocycles. The second-order valence-corrected chi connectivity index (χ2v) is 3.25. The molecule has 0 fully saturated rings. The van der Waals surface area contributed by atoms with Gasteiger partial charge < -0.3 is 14.7 Å². The number of rotatable bonds is 2. The summed E-state index contributed by atoms with van der Waals surface area (Å²) in [7, 11) is -4.57. The minimum Gasteiger partial charge on any atom is -0.479 e. The number of carbonyl (C=O) groups excluding carboxylic acids is 1. The summed E-state index contributed by atoms with van der Waals surface area (Å²) < 4.78 is 13.2. The summed E-state index contributed by atoms with van der Waals surface area (Å²) >= 11 is 0. The summed E-state index contributed by atoms with van der Waals surface area (Å²) in [6.45, 7) is 2.11.